The molecule has 2 aliphatic rings. The molecule has 0 aliphatic carbocycles. The average Bonchev–Trinajstić information content (AvgIpc) is 2.97. The maximum Gasteiger partial charge on any atom is 0.0596 e. The molecule has 38 heavy (non-hydrogen) atoms. The third-order valence-electron chi connectivity index (χ3n) is 6.51. The number of nitrogens with zero attached hydrogens (tertiary/aromatic N) is 4. The molecule has 0 aromatic carbocycles. The number of likely N-dealkylation sites (tertiary alicyclic amines) is 2. The zero-order valence-electron chi connectivity index (χ0n) is 26.2. The minimum atomic E-state index is 0.945. The molecule has 2 heterocycles. The summed E-state index contributed by atoms with van der Waals surface area (Å²) in [5, 5.41) is 30.1. The minimum Gasteiger partial charge on any atom is -0.411 e. The van der Waals surface area contributed by atoms with Crippen LogP contribution in [0.4, 0.5) is 0 Å². The van der Waals surface area contributed by atoms with Crippen LogP contribution in [-0.2, 0) is 0 Å². The van der Waals surface area contributed by atoms with Crippen LogP contribution in [0.1, 0.15) is 119 Å². The molecule has 0 spiro atoms. The number of hydrogen-bond donors (Lipinski definition) is 4. The van der Waals surface area contributed by atoms with E-state index in [-0.39, 0.29) is 0 Å². The molecule has 0 saturated carbocycles. The fourth-order valence-electron chi connectivity index (χ4n) is 3.99. The Kier molecular flexibility index (Phi) is 32.8. The van der Waals surface area contributed by atoms with Gasteiger partial charge in [0.15, 0.2) is 0 Å². The highest BCUT2D eigenvalue weighted by atomic mass is 16.4. The summed E-state index contributed by atoms with van der Waals surface area (Å²) in [6, 6.07) is 0. The third kappa shape index (κ3) is 26.4. The summed E-state index contributed by atoms with van der Waals surface area (Å²) in [5.74, 6) is 0. The topological polar surface area (TPSA) is 95.7 Å². The van der Waals surface area contributed by atoms with E-state index < -0.39 is 0 Å². The standard InChI is InChI=1S/2C9H18N2O.2C6H15N/c2*1-2-3-6-11-7-4-9(10-12)5-8-11;2*1-3-5-7-6-4-2/h2*12H,2-8H2,1H3;2*7H,3-6H2,1-2H3. The van der Waals surface area contributed by atoms with Gasteiger partial charge in [-0.15, -0.1) is 0 Å². The van der Waals surface area contributed by atoms with Crippen LogP contribution in [0.25, 0.3) is 0 Å². The third-order valence-corrected chi connectivity index (χ3v) is 6.51. The van der Waals surface area contributed by atoms with Crippen molar-refractivity contribution in [2.24, 2.45) is 10.3 Å². The Labute approximate surface area is 236 Å². The molecule has 0 bridgehead atoms. The summed E-state index contributed by atoms with van der Waals surface area (Å²) in [5.41, 5.74) is 1.92. The number of unbranched alkanes of at least 4 members (excludes halogenated alkanes) is 2. The van der Waals surface area contributed by atoms with Crippen molar-refractivity contribution >= 4 is 11.4 Å². The lowest BCUT2D eigenvalue weighted by Gasteiger charge is -2.26. The summed E-state index contributed by atoms with van der Waals surface area (Å²) in [7, 11) is 0. The molecular formula is C30H66N6O2. The molecule has 0 unspecified atom stereocenters. The van der Waals surface area contributed by atoms with Gasteiger partial charge in [-0.1, -0.05) is 64.7 Å². The highest BCUT2D eigenvalue weighted by molar-refractivity contribution is 5.85. The molecule has 0 atom stereocenters. The lowest BCUT2D eigenvalue weighted by Crippen LogP contribution is -2.34. The van der Waals surface area contributed by atoms with Crippen molar-refractivity contribution in [3.8, 4) is 0 Å². The van der Waals surface area contributed by atoms with Gasteiger partial charge >= 0.3 is 0 Å². The first-order chi connectivity index (χ1) is 18.6. The maximum atomic E-state index is 8.52. The Hall–Kier alpha value is -1.22. The van der Waals surface area contributed by atoms with E-state index in [1.54, 1.807) is 0 Å². The van der Waals surface area contributed by atoms with Crippen molar-refractivity contribution in [3.05, 3.63) is 0 Å². The second-order valence-corrected chi connectivity index (χ2v) is 10.2. The lowest BCUT2D eigenvalue weighted by atomic mass is 10.1. The fraction of sp³-hybridized carbons (Fsp3) is 0.933. The zero-order valence-corrected chi connectivity index (χ0v) is 26.2. The van der Waals surface area contributed by atoms with Gasteiger partial charge in [-0.25, -0.2) is 0 Å². The van der Waals surface area contributed by atoms with E-state index in [1.165, 1.54) is 90.6 Å². The Bertz CT molecular complexity index is 457. The zero-order chi connectivity index (χ0) is 28.7. The van der Waals surface area contributed by atoms with Crippen molar-refractivity contribution in [2.75, 3.05) is 65.4 Å². The SMILES string of the molecule is CCCCN1CCC(=NO)CC1.CCCCN1CCC(=NO)CC1.CCCNCCC.CCCNCCC. The quantitative estimate of drug-likeness (QED) is 0.118. The molecule has 4 N–H and O–H groups in total. The fourth-order valence-corrected chi connectivity index (χ4v) is 3.99. The molecular weight excluding hydrogens is 476 g/mol. The van der Waals surface area contributed by atoms with Gasteiger partial charge in [0.2, 0.25) is 0 Å². The predicted molar refractivity (Wildman–Crippen MR) is 167 cm³/mol. The van der Waals surface area contributed by atoms with Crippen LogP contribution < -0.4 is 10.6 Å². The Balaban J connectivity index is 0. The molecule has 2 rings (SSSR count). The van der Waals surface area contributed by atoms with Crippen LogP contribution in [0.2, 0.25) is 0 Å². The molecule has 0 amide bonds. The van der Waals surface area contributed by atoms with E-state index in [4.69, 9.17) is 10.4 Å². The van der Waals surface area contributed by atoms with Gasteiger partial charge < -0.3 is 30.8 Å². The molecule has 0 aromatic rings. The first-order valence-electron chi connectivity index (χ1n) is 15.8. The second kappa shape index (κ2) is 32.0. The second-order valence-electron chi connectivity index (χ2n) is 10.2. The average molecular weight is 543 g/mol. The lowest BCUT2D eigenvalue weighted by molar-refractivity contribution is 0.260. The van der Waals surface area contributed by atoms with Gasteiger partial charge in [0.1, 0.15) is 0 Å². The first-order valence-corrected chi connectivity index (χ1v) is 15.8. The Morgan fingerprint density at radius 2 is 0.816 bits per heavy atom. The smallest absolute Gasteiger partial charge is 0.0596 e. The van der Waals surface area contributed by atoms with E-state index in [9.17, 15) is 0 Å². The monoisotopic (exact) mass is 543 g/mol. The van der Waals surface area contributed by atoms with Crippen molar-refractivity contribution in [1.29, 1.82) is 0 Å². The van der Waals surface area contributed by atoms with Gasteiger partial charge in [-0.3, -0.25) is 0 Å². The predicted octanol–water partition coefficient (Wildman–Crippen LogP) is 6.22. The number of oxime groups is 2. The maximum absolute atomic E-state index is 8.52. The van der Waals surface area contributed by atoms with Gasteiger partial charge in [0.25, 0.3) is 0 Å². The summed E-state index contributed by atoms with van der Waals surface area (Å²) in [6.07, 6.45) is 13.9. The van der Waals surface area contributed by atoms with Crippen LogP contribution >= 0.6 is 0 Å². The summed E-state index contributed by atoms with van der Waals surface area (Å²) in [4.78, 5) is 4.89. The highest BCUT2D eigenvalue weighted by Crippen LogP contribution is 2.08. The number of hydrogen-bond acceptors (Lipinski definition) is 8. The Morgan fingerprint density at radius 3 is 1.03 bits per heavy atom. The molecule has 0 radical (unpaired) electrons. The van der Waals surface area contributed by atoms with Crippen LogP contribution in [0.15, 0.2) is 10.3 Å². The van der Waals surface area contributed by atoms with Gasteiger partial charge in [0.05, 0.1) is 11.4 Å². The van der Waals surface area contributed by atoms with Crippen LogP contribution in [0, 0.1) is 0 Å². The van der Waals surface area contributed by atoms with E-state index in [2.05, 4.69) is 72.3 Å². The van der Waals surface area contributed by atoms with Crippen molar-refractivity contribution in [2.45, 2.75) is 119 Å². The summed E-state index contributed by atoms with van der Waals surface area (Å²) in [6.45, 7) is 24.5. The molecule has 2 fully saturated rings. The minimum absolute atomic E-state index is 0.945. The number of piperidine rings is 2. The van der Waals surface area contributed by atoms with E-state index in [1.807, 2.05) is 0 Å². The molecule has 228 valence electrons. The first kappa shape index (κ1) is 38.9. The van der Waals surface area contributed by atoms with Crippen LogP contribution in [0.5, 0.6) is 0 Å². The molecule has 2 aliphatic heterocycles. The molecule has 0 aromatic heterocycles. The largest absolute Gasteiger partial charge is 0.411 e. The molecule has 2 saturated heterocycles. The Morgan fingerprint density at radius 1 is 0.526 bits per heavy atom. The molecule has 8 heteroatoms. The van der Waals surface area contributed by atoms with Crippen molar-refractivity contribution in [3.63, 3.8) is 0 Å². The van der Waals surface area contributed by atoms with Gasteiger partial charge in [0, 0.05) is 51.9 Å². The normalized spacial score (nSPS) is 15.8. The summed E-state index contributed by atoms with van der Waals surface area (Å²) >= 11 is 0. The summed E-state index contributed by atoms with van der Waals surface area (Å²) < 4.78 is 0. The van der Waals surface area contributed by atoms with Crippen LogP contribution in [-0.4, -0.2) is 97.1 Å². The number of nitrogens with one attached hydrogen (secondary N) is 2. The van der Waals surface area contributed by atoms with Crippen molar-refractivity contribution in [1.82, 2.24) is 20.4 Å². The van der Waals surface area contributed by atoms with E-state index in [0.717, 1.165) is 63.3 Å². The number of rotatable bonds is 14. The van der Waals surface area contributed by atoms with Gasteiger partial charge in [-0.05, 0) is 77.8 Å². The highest BCUT2D eigenvalue weighted by Gasteiger charge is 2.14. The van der Waals surface area contributed by atoms with E-state index >= 15 is 0 Å². The molecule has 8 nitrogen and oxygen atoms in total. The van der Waals surface area contributed by atoms with E-state index in [0.29, 0.717) is 0 Å². The van der Waals surface area contributed by atoms with Crippen molar-refractivity contribution < 1.29 is 10.4 Å². The van der Waals surface area contributed by atoms with Gasteiger partial charge in [-0.2, -0.15) is 0 Å². The van der Waals surface area contributed by atoms with Crippen LogP contribution in [0.3, 0.4) is 0 Å².